The number of thioether (sulfide) groups is 1. The maximum Gasteiger partial charge on any atom is 0.472 e. The number of hydrogen-bond donors (Lipinski definition) is 3. The summed E-state index contributed by atoms with van der Waals surface area (Å²) in [6.45, 7) is -0.457. The molecule has 1 unspecified atom stereocenters. The number of aryl methyl sites for hydroxylation is 1. The first kappa shape index (κ1) is 35.6. The Balaban J connectivity index is 1.13. The molecule has 3 N–H and O–H groups in total. The van der Waals surface area contributed by atoms with Crippen LogP contribution in [-0.2, 0) is 24.8 Å². The Morgan fingerprint density at radius 1 is 0.953 bits per heavy atom. The van der Waals surface area contributed by atoms with E-state index in [4.69, 9.17) is 13.8 Å². The van der Waals surface area contributed by atoms with Gasteiger partial charge in [-0.05, 0) is 42.7 Å². The minimum absolute atomic E-state index is 0.0189. The maximum atomic E-state index is 13.5. The predicted molar refractivity (Wildman–Crippen MR) is 161 cm³/mol. The van der Waals surface area contributed by atoms with Gasteiger partial charge in [-0.15, -0.1) is 0 Å². The van der Waals surface area contributed by atoms with E-state index in [9.17, 15) is 32.9 Å². The van der Waals surface area contributed by atoms with Crippen LogP contribution >= 0.6 is 19.6 Å². The van der Waals surface area contributed by atoms with E-state index < -0.39 is 49.9 Å². The predicted octanol–water partition coefficient (Wildman–Crippen LogP) is 5.47. The standard InChI is InChI=1S/C29H43F2N2O8PS/c30-23-14-12-22(13-15-23)11-9-7-5-3-1-2-4-6-8-10-17-43-18-16-39-42(37,38)40-21-26-25(34)19-27(41-26)33-20-24(31)28(35)32-29(33)36/h12-15,20,25-27,34H,1-11,16-19,21H2,(H,37,38)(H,32,35,36)/t25-,26+,27+/m0/s1. The third kappa shape index (κ3) is 13.3. The number of unbranched alkanes of at least 4 members (excludes halogenated alkanes) is 9. The lowest BCUT2D eigenvalue weighted by molar-refractivity contribution is -0.0465. The van der Waals surface area contributed by atoms with Crippen molar-refractivity contribution in [2.45, 2.75) is 95.5 Å². The largest absolute Gasteiger partial charge is 0.472 e. The van der Waals surface area contributed by atoms with E-state index in [0.717, 1.165) is 36.0 Å². The van der Waals surface area contributed by atoms with Gasteiger partial charge in [0.15, 0.2) is 0 Å². The number of benzene rings is 1. The molecule has 4 atom stereocenters. The molecule has 1 aromatic carbocycles. The number of rotatable bonds is 21. The fourth-order valence-corrected chi connectivity index (χ4v) is 6.50. The van der Waals surface area contributed by atoms with Crippen LogP contribution in [0.3, 0.4) is 0 Å². The van der Waals surface area contributed by atoms with Gasteiger partial charge in [0, 0.05) is 12.2 Å². The van der Waals surface area contributed by atoms with Crippen molar-refractivity contribution in [2.24, 2.45) is 0 Å². The lowest BCUT2D eigenvalue weighted by atomic mass is 10.0. The van der Waals surface area contributed by atoms with E-state index in [-0.39, 0.29) is 18.8 Å². The lowest BCUT2D eigenvalue weighted by Crippen LogP contribution is -2.34. The van der Waals surface area contributed by atoms with Crippen LogP contribution in [0, 0.1) is 11.6 Å². The molecule has 43 heavy (non-hydrogen) atoms. The zero-order valence-electron chi connectivity index (χ0n) is 24.3. The number of hydrogen-bond acceptors (Lipinski definition) is 8. The van der Waals surface area contributed by atoms with Crippen molar-refractivity contribution >= 4 is 19.6 Å². The molecule has 1 aliphatic rings. The summed E-state index contributed by atoms with van der Waals surface area (Å²) in [5.41, 5.74) is -0.873. The Kier molecular flexibility index (Phi) is 15.6. The van der Waals surface area contributed by atoms with Crippen molar-refractivity contribution in [3.8, 4) is 0 Å². The van der Waals surface area contributed by atoms with Crippen LogP contribution in [0.4, 0.5) is 8.78 Å². The van der Waals surface area contributed by atoms with Crippen molar-refractivity contribution in [3.63, 3.8) is 0 Å². The monoisotopic (exact) mass is 648 g/mol. The third-order valence-corrected chi connectivity index (χ3v) is 9.26. The number of nitrogens with zero attached hydrogens (tertiary/aromatic N) is 1. The van der Waals surface area contributed by atoms with Crippen LogP contribution in [0.5, 0.6) is 0 Å². The molecule has 0 amide bonds. The van der Waals surface area contributed by atoms with E-state index in [1.54, 1.807) is 11.8 Å². The second-order valence-electron chi connectivity index (χ2n) is 10.7. The summed E-state index contributed by atoms with van der Waals surface area (Å²) in [7, 11) is -4.38. The van der Waals surface area contributed by atoms with E-state index in [1.807, 2.05) is 17.1 Å². The Morgan fingerprint density at radius 3 is 2.26 bits per heavy atom. The zero-order valence-corrected chi connectivity index (χ0v) is 26.0. The summed E-state index contributed by atoms with van der Waals surface area (Å²) in [6.07, 6.45) is 10.3. The molecule has 1 fully saturated rings. The van der Waals surface area contributed by atoms with Gasteiger partial charge in [-0.1, -0.05) is 63.5 Å². The van der Waals surface area contributed by atoms with Gasteiger partial charge in [0.05, 0.1) is 25.5 Å². The van der Waals surface area contributed by atoms with Crippen molar-refractivity contribution in [2.75, 3.05) is 24.7 Å². The van der Waals surface area contributed by atoms with E-state index >= 15 is 0 Å². The zero-order chi connectivity index (χ0) is 31.1. The highest BCUT2D eigenvalue weighted by molar-refractivity contribution is 7.99. The second kappa shape index (κ2) is 18.8. The summed E-state index contributed by atoms with van der Waals surface area (Å²) in [5, 5.41) is 10.2. The fraction of sp³-hybridized carbons (Fsp3) is 0.655. The van der Waals surface area contributed by atoms with Crippen molar-refractivity contribution < 1.29 is 37.1 Å². The van der Waals surface area contributed by atoms with Gasteiger partial charge in [0.25, 0.3) is 5.56 Å². The minimum atomic E-state index is -4.38. The smallest absolute Gasteiger partial charge is 0.390 e. The number of aromatic amines is 1. The number of aliphatic hydroxyl groups excluding tert-OH is 1. The fourth-order valence-electron chi connectivity index (χ4n) is 4.83. The molecule has 14 heteroatoms. The number of ether oxygens (including phenoxy) is 1. The molecule has 2 heterocycles. The second-order valence-corrected chi connectivity index (χ2v) is 13.4. The van der Waals surface area contributed by atoms with Gasteiger partial charge < -0.3 is 14.7 Å². The molecule has 3 rings (SSSR count). The average Bonchev–Trinajstić information content (AvgIpc) is 3.34. The van der Waals surface area contributed by atoms with Crippen LogP contribution < -0.4 is 11.2 Å². The molecule has 2 aromatic rings. The van der Waals surface area contributed by atoms with Gasteiger partial charge in [0.2, 0.25) is 5.82 Å². The van der Waals surface area contributed by atoms with E-state index in [2.05, 4.69) is 0 Å². The van der Waals surface area contributed by atoms with Gasteiger partial charge in [-0.3, -0.25) is 23.4 Å². The third-order valence-electron chi connectivity index (χ3n) is 7.24. The first-order valence-electron chi connectivity index (χ1n) is 14.9. The Bertz CT molecular complexity index is 1260. The Morgan fingerprint density at radius 2 is 1.58 bits per heavy atom. The van der Waals surface area contributed by atoms with Crippen LogP contribution in [0.25, 0.3) is 0 Å². The number of phosphoric acid groups is 1. The normalized spacial score (nSPS) is 20.0. The molecule has 10 nitrogen and oxygen atoms in total. The Labute approximate surface area is 254 Å². The number of H-pyrrole nitrogens is 1. The summed E-state index contributed by atoms with van der Waals surface area (Å²) in [5.74, 6) is 0.0940. The molecule has 242 valence electrons. The number of phosphoric ester groups is 1. The van der Waals surface area contributed by atoms with Gasteiger partial charge >= 0.3 is 13.5 Å². The minimum Gasteiger partial charge on any atom is -0.390 e. The molecule has 0 spiro atoms. The summed E-state index contributed by atoms with van der Waals surface area (Å²) in [4.78, 5) is 34.8. The van der Waals surface area contributed by atoms with Gasteiger partial charge in [-0.25, -0.2) is 13.8 Å². The van der Waals surface area contributed by atoms with Gasteiger partial charge in [-0.2, -0.15) is 16.2 Å². The first-order chi connectivity index (χ1) is 20.6. The molecular formula is C29H43F2N2O8PS. The van der Waals surface area contributed by atoms with Gasteiger partial charge in [0.1, 0.15) is 18.1 Å². The number of halogens is 2. The number of nitrogens with one attached hydrogen (secondary N) is 1. The van der Waals surface area contributed by atoms with Crippen LogP contribution in [-0.4, -0.2) is 56.5 Å². The molecular weight excluding hydrogens is 605 g/mol. The van der Waals surface area contributed by atoms with Crippen molar-refractivity contribution in [1.29, 1.82) is 0 Å². The quantitative estimate of drug-likeness (QED) is 0.119. The molecule has 1 aliphatic heterocycles. The molecule has 1 aromatic heterocycles. The summed E-state index contributed by atoms with van der Waals surface area (Å²) < 4.78 is 54.9. The first-order valence-corrected chi connectivity index (χ1v) is 17.6. The van der Waals surface area contributed by atoms with Crippen LogP contribution in [0.15, 0.2) is 40.1 Å². The molecule has 1 saturated heterocycles. The molecule has 0 bridgehead atoms. The van der Waals surface area contributed by atoms with E-state index in [1.165, 1.54) is 62.6 Å². The highest BCUT2D eigenvalue weighted by Gasteiger charge is 2.37. The lowest BCUT2D eigenvalue weighted by Gasteiger charge is -2.18. The number of aromatic nitrogens is 2. The topological polar surface area (TPSA) is 140 Å². The van der Waals surface area contributed by atoms with Crippen LogP contribution in [0.2, 0.25) is 0 Å². The molecule has 0 radical (unpaired) electrons. The summed E-state index contributed by atoms with van der Waals surface area (Å²) >= 11 is 1.63. The average molecular weight is 649 g/mol. The Hall–Kier alpha value is -1.86. The molecule has 0 aliphatic carbocycles. The highest BCUT2D eigenvalue weighted by Crippen LogP contribution is 2.44. The SMILES string of the molecule is O=c1[nH]c(=O)n([C@H]2C[C@H](O)[C@@H](COP(=O)(O)OCCSCCCCCCCCCCCCc3ccc(F)cc3)O2)cc1F. The summed E-state index contributed by atoms with van der Waals surface area (Å²) in [6, 6.07) is 6.76. The number of aliphatic hydroxyl groups is 1. The maximum absolute atomic E-state index is 13.5. The highest BCUT2D eigenvalue weighted by atomic mass is 32.2. The van der Waals surface area contributed by atoms with Crippen LogP contribution in [0.1, 0.15) is 82.4 Å². The molecule has 0 saturated carbocycles. The van der Waals surface area contributed by atoms with Crippen molar-refractivity contribution in [1.82, 2.24) is 9.55 Å². The van der Waals surface area contributed by atoms with E-state index in [0.29, 0.717) is 11.9 Å². The van der Waals surface area contributed by atoms with Crippen molar-refractivity contribution in [3.05, 3.63) is 68.5 Å².